The maximum atomic E-state index is 11.5. The zero-order chi connectivity index (χ0) is 9.97. The van der Waals surface area contributed by atoms with Crippen LogP contribution in [-0.2, 0) is 9.59 Å². The summed E-state index contributed by atoms with van der Waals surface area (Å²) in [5.74, 6) is 6.20. The fraction of sp³-hybridized carbons (Fsp3) is 0.636. The Balaban J connectivity index is 1.85. The summed E-state index contributed by atoms with van der Waals surface area (Å²) >= 11 is 0. The molecule has 2 rings (SSSR count). The molecular formula is C11H13NO2. The summed E-state index contributed by atoms with van der Waals surface area (Å²) in [7, 11) is 0. The predicted octanol–water partition coefficient (Wildman–Crippen LogP) is 0.591. The molecule has 14 heavy (non-hydrogen) atoms. The molecule has 0 atom stereocenters. The largest absolute Gasteiger partial charge is 0.331 e. The number of carbonyl (C=O) groups excluding carboxylic acids is 2. The van der Waals surface area contributed by atoms with E-state index in [1.165, 1.54) is 0 Å². The number of Topliss-reactive ketones (excluding diaryl/α,β-unsaturated/α-hetero) is 1. The highest BCUT2D eigenvalue weighted by Gasteiger charge is 2.21. The number of rotatable bonds is 0. The van der Waals surface area contributed by atoms with Gasteiger partial charge in [0.25, 0.3) is 5.91 Å². The van der Waals surface area contributed by atoms with Crippen LogP contribution in [0.25, 0.3) is 0 Å². The fourth-order valence-electron chi connectivity index (χ4n) is 1.43. The summed E-state index contributed by atoms with van der Waals surface area (Å²) in [6, 6.07) is 0. The molecule has 0 aromatic rings. The van der Waals surface area contributed by atoms with E-state index in [-0.39, 0.29) is 11.7 Å². The Bertz CT molecular complexity index is 310. The fourth-order valence-corrected chi connectivity index (χ4v) is 1.43. The van der Waals surface area contributed by atoms with E-state index in [2.05, 4.69) is 11.8 Å². The van der Waals surface area contributed by atoms with E-state index in [1.54, 1.807) is 4.90 Å². The molecule has 1 heterocycles. The van der Waals surface area contributed by atoms with E-state index in [1.807, 2.05) is 0 Å². The Morgan fingerprint density at radius 2 is 1.93 bits per heavy atom. The monoisotopic (exact) mass is 191 g/mol. The number of piperidine rings is 1. The summed E-state index contributed by atoms with van der Waals surface area (Å²) in [6.45, 7) is 1.11. The topological polar surface area (TPSA) is 37.4 Å². The van der Waals surface area contributed by atoms with Crippen molar-refractivity contribution in [1.29, 1.82) is 0 Å². The Labute approximate surface area is 83.5 Å². The van der Waals surface area contributed by atoms with Gasteiger partial charge in [0.05, 0.1) is 0 Å². The number of nitrogens with zero attached hydrogens (tertiary/aromatic N) is 1. The molecule has 0 radical (unpaired) electrons. The van der Waals surface area contributed by atoms with Crippen molar-refractivity contribution < 1.29 is 9.59 Å². The number of likely N-dealkylation sites (tertiary alicyclic amines) is 1. The lowest BCUT2D eigenvalue weighted by atomic mass is 10.1. The summed E-state index contributed by atoms with van der Waals surface area (Å²) in [5.41, 5.74) is 0. The van der Waals surface area contributed by atoms with Crippen molar-refractivity contribution in [3.63, 3.8) is 0 Å². The standard InChI is InChI=1S/C11H13NO2/c13-10-5-7-12(8-6-10)11(14)4-3-9-1-2-9/h9H,1-2,5-8H2. The predicted molar refractivity (Wildman–Crippen MR) is 51.3 cm³/mol. The van der Waals surface area contributed by atoms with Crippen LogP contribution >= 0.6 is 0 Å². The molecule has 3 heteroatoms. The second-order valence-electron chi connectivity index (χ2n) is 3.87. The third-order valence-electron chi connectivity index (χ3n) is 2.57. The Hall–Kier alpha value is -1.30. The third kappa shape index (κ3) is 2.35. The molecule has 0 aromatic heterocycles. The van der Waals surface area contributed by atoms with Gasteiger partial charge >= 0.3 is 0 Å². The van der Waals surface area contributed by atoms with Crippen molar-refractivity contribution >= 4 is 11.7 Å². The molecule has 1 aliphatic carbocycles. The van der Waals surface area contributed by atoms with Crippen LogP contribution in [0.15, 0.2) is 0 Å². The quantitative estimate of drug-likeness (QED) is 0.525. The first kappa shape index (κ1) is 9.26. The number of amides is 1. The van der Waals surface area contributed by atoms with Crippen molar-refractivity contribution in [2.75, 3.05) is 13.1 Å². The average molecular weight is 191 g/mol. The zero-order valence-electron chi connectivity index (χ0n) is 8.08. The Morgan fingerprint density at radius 1 is 1.29 bits per heavy atom. The lowest BCUT2D eigenvalue weighted by molar-refractivity contribution is -0.129. The molecule has 3 nitrogen and oxygen atoms in total. The van der Waals surface area contributed by atoms with Crippen LogP contribution in [0.5, 0.6) is 0 Å². The van der Waals surface area contributed by atoms with Crippen LogP contribution in [0.1, 0.15) is 25.7 Å². The van der Waals surface area contributed by atoms with Crippen molar-refractivity contribution in [2.45, 2.75) is 25.7 Å². The molecule has 2 aliphatic rings. The van der Waals surface area contributed by atoms with E-state index >= 15 is 0 Å². The number of hydrogen-bond acceptors (Lipinski definition) is 2. The molecule has 74 valence electrons. The molecule has 1 saturated heterocycles. The molecule has 0 N–H and O–H groups in total. The van der Waals surface area contributed by atoms with Crippen LogP contribution in [0.3, 0.4) is 0 Å². The van der Waals surface area contributed by atoms with Gasteiger partial charge in [-0.1, -0.05) is 5.92 Å². The van der Waals surface area contributed by atoms with E-state index in [0.29, 0.717) is 31.8 Å². The van der Waals surface area contributed by atoms with Crippen LogP contribution in [0.4, 0.5) is 0 Å². The lowest BCUT2D eigenvalue weighted by Gasteiger charge is -2.23. The second kappa shape index (κ2) is 3.83. The van der Waals surface area contributed by atoms with Crippen molar-refractivity contribution in [1.82, 2.24) is 4.90 Å². The minimum Gasteiger partial charge on any atom is -0.331 e. The lowest BCUT2D eigenvalue weighted by Crippen LogP contribution is -2.37. The molecule has 0 bridgehead atoms. The van der Waals surface area contributed by atoms with Gasteiger partial charge in [-0.3, -0.25) is 9.59 Å². The normalized spacial score (nSPS) is 21.4. The highest BCUT2D eigenvalue weighted by Crippen LogP contribution is 2.27. The number of ketones is 1. The van der Waals surface area contributed by atoms with Crippen LogP contribution in [0.2, 0.25) is 0 Å². The molecule has 1 aliphatic heterocycles. The van der Waals surface area contributed by atoms with Gasteiger partial charge in [0.15, 0.2) is 0 Å². The molecule has 1 saturated carbocycles. The van der Waals surface area contributed by atoms with Gasteiger partial charge in [0.1, 0.15) is 5.78 Å². The Kier molecular flexibility index (Phi) is 2.53. The SMILES string of the molecule is O=C1CCN(C(=O)C#CC2CC2)CC1. The van der Waals surface area contributed by atoms with Gasteiger partial charge in [0.2, 0.25) is 0 Å². The molecular weight excluding hydrogens is 178 g/mol. The van der Waals surface area contributed by atoms with Gasteiger partial charge in [-0.25, -0.2) is 0 Å². The molecule has 0 spiro atoms. The number of hydrogen-bond donors (Lipinski definition) is 0. The highest BCUT2D eigenvalue weighted by atomic mass is 16.2. The first-order chi connectivity index (χ1) is 6.75. The molecule has 0 aromatic carbocycles. The minimum atomic E-state index is -0.107. The summed E-state index contributed by atoms with van der Waals surface area (Å²) in [5, 5.41) is 0. The van der Waals surface area contributed by atoms with E-state index in [0.717, 1.165) is 12.8 Å². The maximum absolute atomic E-state index is 11.5. The van der Waals surface area contributed by atoms with Gasteiger partial charge in [0, 0.05) is 31.8 Å². The van der Waals surface area contributed by atoms with Gasteiger partial charge in [-0.05, 0) is 18.8 Å². The summed E-state index contributed by atoms with van der Waals surface area (Å²) in [4.78, 5) is 24.1. The second-order valence-corrected chi connectivity index (χ2v) is 3.87. The first-order valence-electron chi connectivity index (χ1n) is 5.08. The van der Waals surface area contributed by atoms with E-state index in [9.17, 15) is 9.59 Å². The van der Waals surface area contributed by atoms with Gasteiger partial charge in [-0.15, -0.1) is 0 Å². The van der Waals surface area contributed by atoms with Crippen molar-refractivity contribution in [3.8, 4) is 11.8 Å². The van der Waals surface area contributed by atoms with E-state index < -0.39 is 0 Å². The third-order valence-corrected chi connectivity index (χ3v) is 2.57. The Morgan fingerprint density at radius 3 is 2.50 bits per heavy atom. The van der Waals surface area contributed by atoms with Crippen LogP contribution in [-0.4, -0.2) is 29.7 Å². The smallest absolute Gasteiger partial charge is 0.298 e. The molecule has 1 amide bonds. The number of carbonyl (C=O) groups is 2. The molecule has 0 unspecified atom stereocenters. The van der Waals surface area contributed by atoms with E-state index in [4.69, 9.17) is 0 Å². The highest BCUT2D eigenvalue weighted by molar-refractivity contribution is 5.94. The van der Waals surface area contributed by atoms with Crippen LogP contribution in [0, 0.1) is 17.8 Å². The van der Waals surface area contributed by atoms with Gasteiger partial charge < -0.3 is 4.90 Å². The van der Waals surface area contributed by atoms with Crippen LogP contribution < -0.4 is 0 Å². The van der Waals surface area contributed by atoms with Gasteiger partial charge in [-0.2, -0.15) is 0 Å². The first-order valence-corrected chi connectivity index (χ1v) is 5.08. The van der Waals surface area contributed by atoms with Crippen molar-refractivity contribution in [3.05, 3.63) is 0 Å². The van der Waals surface area contributed by atoms with Crippen molar-refractivity contribution in [2.24, 2.45) is 5.92 Å². The minimum absolute atomic E-state index is 0.107. The maximum Gasteiger partial charge on any atom is 0.298 e. The zero-order valence-corrected chi connectivity index (χ0v) is 8.08. The summed E-state index contributed by atoms with van der Waals surface area (Å²) < 4.78 is 0. The molecule has 2 fully saturated rings. The summed E-state index contributed by atoms with van der Waals surface area (Å²) in [6.07, 6.45) is 3.27. The average Bonchev–Trinajstić information content (AvgIpc) is 2.99.